The van der Waals surface area contributed by atoms with Crippen molar-refractivity contribution in [2.75, 3.05) is 6.61 Å². The zero-order valence-electron chi connectivity index (χ0n) is 11.4. The number of carbonyl (C=O) groups is 1. The zero-order chi connectivity index (χ0) is 14.4. The monoisotopic (exact) mass is 329 g/mol. The fourth-order valence-electron chi connectivity index (χ4n) is 1.42. The van der Waals surface area contributed by atoms with E-state index in [4.69, 9.17) is 4.74 Å². The molecular weight excluding hydrogens is 310 g/mol. The van der Waals surface area contributed by atoms with Crippen molar-refractivity contribution in [3.05, 3.63) is 28.2 Å². The van der Waals surface area contributed by atoms with Gasteiger partial charge in [0.1, 0.15) is 5.75 Å². The smallest absolute Gasteiger partial charge is 0.258 e. The lowest BCUT2D eigenvalue weighted by atomic mass is 10.1. The minimum absolute atomic E-state index is 0.0499. The maximum Gasteiger partial charge on any atom is 0.258 e. The molecule has 0 saturated heterocycles. The van der Waals surface area contributed by atoms with Crippen LogP contribution >= 0.6 is 15.9 Å². The Labute approximate surface area is 122 Å². The Morgan fingerprint density at radius 1 is 1.42 bits per heavy atom. The number of amides is 1. The van der Waals surface area contributed by atoms with Crippen molar-refractivity contribution >= 4 is 21.8 Å². The van der Waals surface area contributed by atoms with E-state index in [-0.39, 0.29) is 25.2 Å². The molecule has 0 aliphatic rings. The Morgan fingerprint density at radius 3 is 2.68 bits per heavy atom. The number of ether oxygens (including phenoxy) is 1. The zero-order valence-corrected chi connectivity index (χ0v) is 13.0. The third kappa shape index (κ3) is 5.20. The van der Waals surface area contributed by atoms with Crippen LogP contribution in [0.4, 0.5) is 0 Å². The molecule has 0 aliphatic heterocycles. The number of aliphatic hydroxyl groups excluding tert-OH is 1. The van der Waals surface area contributed by atoms with Gasteiger partial charge in [-0.3, -0.25) is 4.79 Å². The van der Waals surface area contributed by atoms with E-state index in [0.29, 0.717) is 17.2 Å². The van der Waals surface area contributed by atoms with Gasteiger partial charge in [0.25, 0.3) is 5.91 Å². The molecule has 1 rings (SSSR count). The van der Waals surface area contributed by atoms with Gasteiger partial charge in [0.05, 0.1) is 6.61 Å². The van der Waals surface area contributed by atoms with E-state index in [1.165, 1.54) is 0 Å². The quantitative estimate of drug-likeness (QED) is 0.842. The highest BCUT2D eigenvalue weighted by Crippen LogP contribution is 2.23. The van der Waals surface area contributed by atoms with E-state index < -0.39 is 0 Å². The van der Waals surface area contributed by atoms with E-state index in [1.54, 1.807) is 12.1 Å². The molecule has 5 heteroatoms. The first-order chi connectivity index (χ1) is 8.93. The Hall–Kier alpha value is -1.07. The van der Waals surface area contributed by atoms with E-state index >= 15 is 0 Å². The third-order valence-electron chi connectivity index (χ3n) is 2.94. The van der Waals surface area contributed by atoms with Crippen molar-refractivity contribution in [1.82, 2.24) is 5.32 Å². The molecule has 0 aromatic heterocycles. The van der Waals surface area contributed by atoms with Crippen LogP contribution in [0, 0.1) is 5.92 Å². The molecule has 19 heavy (non-hydrogen) atoms. The topological polar surface area (TPSA) is 58.6 Å². The lowest BCUT2D eigenvalue weighted by Crippen LogP contribution is -2.39. The number of carbonyl (C=O) groups excluding carboxylic acids is 1. The second-order valence-electron chi connectivity index (χ2n) is 4.80. The molecule has 1 atom stereocenters. The van der Waals surface area contributed by atoms with Gasteiger partial charge >= 0.3 is 0 Å². The summed E-state index contributed by atoms with van der Waals surface area (Å²) in [5, 5.41) is 12.1. The van der Waals surface area contributed by atoms with Crippen LogP contribution in [0.5, 0.6) is 5.75 Å². The molecule has 1 amide bonds. The second kappa shape index (κ2) is 7.50. The van der Waals surface area contributed by atoms with E-state index in [0.717, 1.165) is 4.47 Å². The Kier molecular flexibility index (Phi) is 6.31. The summed E-state index contributed by atoms with van der Waals surface area (Å²) in [4.78, 5) is 11.7. The Bertz CT molecular complexity index is 435. The number of hydrogen-bond donors (Lipinski definition) is 2. The predicted octanol–water partition coefficient (Wildman–Crippen LogP) is 2.48. The molecule has 4 nitrogen and oxygen atoms in total. The molecule has 106 valence electrons. The third-order valence-corrected chi connectivity index (χ3v) is 3.43. The molecule has 0 fully saturated rings. The van der Waals surface area contributed by atoms with Gasteiger partial charge in [-0.2, -0.15) is 0 Å². The van der Waals surface area contributed by atoms with Crippen LogP contribution in [0.1, 0.15) is 26.3 Å². The first kappa shape index (κ1) is 16.0. The van der Waals surface area contributed by atoms with Crippen molar-refractivity contribution in [3.63, 3.8) is 0 Å². The van der Waals surface area contributed by atoms with Crippen LogP contribution < -0.4 is 10.1 Å². The maximum absolute atomic E-state index is 11.7. The largest absolute Gasteiger partial charge is 0.483 e. The highest BCUT2D eigenvalue weighted by Gasteiger charge is 2.12. The van der Waals surface area contributed by atoms with Crippen molar-refractivity contribution in [1.29, 1.82) is 0 Å². The van der Waals surface area contributed by atoms with Gasteiger partial charge in [0.15, 0.2) is 6.61 Å². The average molecular weight is 330 g/mol. The van der Waals surface area contributed by atoms with Crippen molar-refractivity contribution in [2.45, 2.75) is 33.4 Å². The number of halogens is 1. The summed E-state index contributed by atoms with van der Waals surface area (Å²) in [6.45, 7) is 5.88. The van der Waals surface area contributed by atoms with Gasteiger partial charge in [-0.1, -0.05) is 29.8 Å². The van der Waals surface area contributed by atoms with Crippen LogP contribution in [0.3, 0.4) is 0 Å². The summed E-state index contributed by atoms with van der Waals surface area (Å²) in [6.07, 6.45) is 0. The fourth-order valence-corrected chi connectivity index (χ4v) is 1.83. The second-order valence-corrected chi connectivity index (χ2v) is 5.71. The number of hydrogen-bond acceptors (Lipinski definition) is 3. The van der Waals surface area contributed by atoms with Gasteiger partial charge < -0.3 is 15.2 Å². The molecule has 0 bridgehead atoms. The van der Waals surface area contributed by atoms with Gasteiger partial charge in [-0.25, -0.2) is 0 Å². The van der Waals surface area contributed by atoms with Crippen LogP contribution in [-0.4, -0.2) is 23.7 Å². The molecule has 0 radical (unpaired) electrons. The summed E-state index contributed by atoms with van der Waals surface area (Å²) in [5.74, 6) is 0.746. The SMILES string of the molecule is CC(C)C(C)NC(=O)COc1ccc(Br)cc1CO. The maximum atomic E-state index is 11.7. The van der Waals surface area contributed by atoms with Crippen LogP contribution in [0.2, 0.25) is 0 Å². The predicted molar refractivity (Wildman–Crippen MR) is 78.0 cm³/mol. The molecule has 0 spiro atoms. The molecular formula is C14H20BrNO3. The Morgan fingerprint density at radius 2 is 2.11 bits per heavy atom. The summed E-state index contributed by atoms with van der Waals surface area (Å²) in [6, 6.07) is 5.42. The minimum Gasteiger partial charge on any atom is -0.483 e. The molecule has 1 aromatic carbocycles. The molecule has 0 aliphatic carbocycles. The number of nitrogens with one attached hydrogen (secondary N) is 1. The lowest BCUT2D eigenvalue weighted by Gasteiger charge is -2.18. The Balaban J connectivity index is 2.55. The number of aliphatic hydroxyl groups is 1. The van der Waals surface area contributed by atoms with Gasteiger partial charge in [-0.15, -0.1) is 0 Å². The fraction of sp³-hybridized carbons (Fsp3) is 0.500. The summed E-state index contributed by atoms with van der Waals surface area (Å²) in [5.41, 5.74) is 0.652. The highest BCUT2D eigenvalue weighted by atomic mass is 79.9. The van der Waals surface area contributed by atoms with Gasteiger partial charge in [0.2, 0.25) is 0 Å². The van der Waals surface area contributed by atoms with Crippen LogP contribution in [-0.2, 0) is 11.4 Å². The highest BCUT2D eigenvalue weighted by molar-refractivity contribution is 9.10. The summed E-state index contributed by atoms with van der Waals surface area (Å²) < 4.78 is 6.30. The molecule has 2 N–H and O–H groups in total. The standard InChI is InChI=1S/C14H20BrNO3/c1-9(2)10(3)16-14(18)8-19-13-5-4-12(15)6-11(13)7-17/h4-6,9-10,17H,7-8H2,1-3H3,(H,16,18). The average Bonchev–Trinajstić information content (AvgIpc) is 2.36. The van der Waals surface area contributed by atoms with Gasteiger partial charge in [0, 0.05) is 16.1 Å². The van der Waals surface area contributed by atoms with Crippen molar-refractivity contribution in [3.8, 4) is 5.75 Å². The lowest BCUT2D eigenvalue weighted by molar-refractivity contribution is -0.124. The number of rotatable bonds is 6. The van der Waals surface area contributed by atoms with E-state index in [1.807, 2.05) is 26.8 Å². The molecule has 1 unspecified atom stereocenters. The van der Waals surface area contributed by atoms with Crippen LogP contribution in [0.25, 0.3) is 0 Å². The first-order valence-electron chi connectivity index (χ1n) is 6.25. The van der Waals surface area contributed by atoms with Crippen molar-refractivity contribution in [2.24, 2.45) is 5.92 Å². The minimum atomic E-state index is -0.159. The van der Waals surface area contributed by atoms with Crippen LogP contribution in [0.15, 0.2) is 22.7 Å². The normalized spacial score (nSPS) is 12.3. The van der Waals surface area contributed by atoms with E-state index in [2.05, 4.69) is 21.2 Å². The molecule has 0 saturated carbocycles. The van der Waals surface area contributed by atoms with Gasteiger partial charge in [-0.05, 0) is 31.0 Å². The van der Waals surface area contributed by atoms with Crippen molar-refractivity contribution < 1.29 is 14.6 Å². The summed E-state index contributed by atoms with van der Waals surface area (Å²) >= 11 is 3.32. The molecule has 1 aromatic rings. The molecule has 0 heterocycles. The summed E-state index contributed by atoms with van der Waals surface area (Å²) in [7, 11) is 0. The van der Waals surface area contributed by atoms with E-state index in [9.17, 15) is 9.90 Å². The number of benzene rings is 1. The first-order valence-corrected chi connectivity index (χ1v) is 7.04.